The molecule has 0 rings (SSSR count). The second-order valence-electron chi connectivity index (χ2n) is 1.92. The Labute approximate surface area is 70.9 Å². The van der Waals surface area contributed by atoms with E-state index in [0.717, 1.165) is 0 Å². The van der Waals surface area contributed by atoms with Crippen molar-refractivity contribution in [3.63, 3.8) is 0 Å². The van der Waals surface area contributed by atoms with Crippen molar-refractivity contribution in [2.75, 3.05) is 18.5 Å². The molecule has 66 valence electrons. The van der Waals surface area contributed by atoms with Crippen LogP contribution in [0.25, 0.3) is 0 Å². The average molecular weight is 232 g/mol. The van der Waals surface area contributed by atoms with Crippen LogP contribution < -0.4 is 5.32 Å². The zero-order chi connectivity index (χ0) is 8.91. The molecule has 0 aliphatic carbocycles. The highest BCUT2D eigenvalue weighted by Gasteiger charge is 2.27. The molecule has 0 unspecified atom stereocenters. The van der Waals surface area contributed by atoms with E-state index < -0.39 is 25.0 Å². The standard InChI is InChI=1S/C5H8BrF2NO2/c6-1-4(11)9-2-5(7,8)3-10/h10H,1-3H2,(H,9,11). The number of amides is 1. The Morgan fingerprint density at radius 3 is 2.55 bits per heavy atom. The molecule has 2 N–H and O–H groups in total. The highest BCUT2D eigenvalue weighted by molar-refractivity contribution is 9.09. The summed E-state index contributed by atoms with van der Waals surface area (Å²) in [6.07, 6.45) is 0. The number of halogens is 3. The van der Waals surface area contributed by atoms with Gasteiger partial charge >= 0.3 is 0 Å². The summed E-state index contributed by atoms with van der Waals surface area (Å²) in [5.41, 5.74) is 0. The first kappa shape index (κ1) is 10.8. The third kappa shape index (κ3) is 5.09. The maximum atomic E-state index is 12.2. The summed E-state index contributed by atoms with van der Waals surface area (Å²) < 4.78 is 24.3. The van der Waals surface area contributed by atoms with Crippen molar-refractivity contribution < 1.29 is 18.7 Å². The van der Waals surface area contributed by atoms with Gasteiger partial charge in [0.25, 0.3) is 5.92 Å². The van der Waals surface area contributed by atoms with Crippen LogP contribution in [0.15, 0.2) is 0 Å². The first-order chi connectivity index (χ1) is 5.02. The fourth-order valence-electron chi connectivity index (χ4n) is 0.331. The lowest BCUT2D eigenvalue weighted by Gasteiger charge is -2.12. The molecular weight excluding hydrogens is 224 g/mol. The minimum Gasteiger partial charge on any atom is -0.390 e. The van der Waals surface area contributed by atoms with Crippen LogP contribution in [-0.2, 0) is 4.79 Å². The summed E-state index contributed by atoms with van der Waals surface area (Å²) >= 11 is 2.78. The molecule has 3 nitrogen and oxygen atoms in total. The fraction of sp³-hybridized carbons (Fsp3) is 0.800. The lowest BCUT2D eigenvalue weighted by atomic mass is 10.3. The molecule has 0 heterocycles. The SMILES string of the molecule is O=C(CBr)NCC(F)(F)CO. The molecule has 0 aromatic rings. The van der Waals surface area contributed by atoms with Gasteiger partial charge in [0.15, 0.2) is 0 Å². The molecule has 0 bridgehead atoms. The molecule has 0 aliphatic heterocycles. The third-order valence-electron chi connectivity index (χ3n) is 0.897. The zero-order valence-corrected chi connectivity index (χ0v) is 7.20. The Bertz CT molecular complexity index is 142. The van der Waals surface area contributed by atoms with Gasteiger partial charge in [0.2, 0.25) is 5.91 Å². The molecule has 0 saturated carbocycles. The fourth-order valence-corrected chi connectivity index (χ4v) is 0.529. The number of carbonyl (C=O) groups is 1. The maximum absolute atomic E-state index is 12.2. The summed E-state index contributed by atoms with van der Waals surface area (Å²) in [4.78, 5) is 10.4. The van der Waals surface area contributed by atoms with Crippen LogP contribution in [-0.4, -0.2) is 35.4 Å². The number of rotatable bonds is 4. The van der Waals surface area contributed by atoms with Crippen LogP contribution in [0.4, 0.5) is 8.78 Å². The van der Waals surface area contributed by atoms with Crippen molar-refractivity contribution in [3.8, 4) is 0 Å². The van der Waals surface area contributed by atoms with E-state index in [9.17, 15) is 13.6 Å². The molecule has 11 heavy (non-hydrogen) atoms. The second kappa shape index (κ2) is 4.61. The van der Waals surface area contributed by atoms with E-state index in [1.54, 1.807) is 0 Å². The van der Waals surface area contributed by atoms with Crippen LogP contribution in [0.1, 0.15) is 0 Å². The molecule has 1 amide bonds. The van der Waals surface area contributed by atoms with Crippen molar-refractivity contribution in [1.82, 2.24) is 5.32 Å². The van der Waals surface area contributed by atoms with E-state index in [0.29, 0.717) is 0 Å². The Morgan fingerprint density at radius 2 is 2.18 bits per heavy atom. The molecule has 0 saturated heterocycles. The van der Waals surface area contributed by atoms with E-state index in [2.05, 4.69) is 15.9 Å². The summed E-state index contributed by atoms with van der Waals surface area (Å²) in [5.74, 6) is -3.75. The number of alkyl halides is 3. The predicted octanol–water partition coefficient (Wildman–Crippen LogP) is 0.125. The van der Waals surface area contributed by atoms with Gasteiger partial charge in [0.1, 0.15) is 6.61 Å². The van der Waals surface area contributed by atoms with Crippen molar-refractivity contribution in [3.05, 3.63) is 0 Å². The average Bonchev–Trinajstić information content (AvgIpc) is 2.00. The van der Waals surface area contributed by atoms with E-state index in [1.165, 1.54) is 0 Å². The minimum absolute atomic E-state index is 0.0193. The monoisotopic (exact) mass is 231 g/mol. The zero-order valence-electron chi connectivity index (χ0n) is 5.61. The molecule has 0 aliphatic rings. The van der Waals surface area contributed by atoms with E-state index in [-0.39, 0.29) is 5.33 Å². The van der Waals surface area contributed by atoms with Crippen LogP contribution in [0.5, 0.6) is 0 Å². The van der Waals surface area contributed by atoms with Crippen LogP contribution in [0.3, 0.4) is 0 Å². The molecule has 0 fully saturated rings. The second-order valence-corrected chi connectivity index (χ2v) is 2.49. The lowest BCUT2D eigenvalue weighted by Crippen LogP contribution is -2.39. The molecule has 6 heteroatoms. The number of carbonyl (C=O) groups excluding carboxylic acids is 1. The maximum Gasteiger partial charge on any atom is 0.287 e. The summed E-state index contributed by atoms with van der Waals surface area (Å²) in [7, 11) is 0. The summed E-state index contributed by atoms with van der Waals surface area (Å²) in [6, 6.07) is 0. The Balaban J connectivity index is 3.61. The molecule has 0 spiro atoms. The predicted molar refractivity (Wildman–Crippen MR) is 38.8 cm³/mol. The smallest absolute Gasteiger partial charge is 0.287 e. The largest absolute Gasteiger partial charge is 0.390 e. The number of hydrogen-bond acceptors (Lipinski definition) is 2. The van der Waals surface area contributed by atoms with Crippen LogP contribution in [0, 0.1) is 0 Å². The van der Waals surface area contributed by atoms with Gasteiger partial charge < -0.3 is 10.4 Å². The van der Waals surface area contributed by atoms with Crippen molar-refractivity contribution in [2.24, 2.45) is 0 Å². The van der Waals surface area contributed by atoms with Crippen LogP contribution >= 0.6 is 15.9 Å². The molecule has 0 aromatic heterocycles. The summed E-state index contributed by atoms with van der Waals surface area (Å²) in [6.45, 7) is -2.08. The van der Waals surface area contributed by atoms with Crippen LogP contribution in [0.2, 0.25) is 0 Å². The van der Waals surface area contributed by atoms with E-state index >= 15 is 0 Å². The Kier molecular flexibility index (Phi) is 4.51. The number of aliphatic hydroxyl groups excluding tert-OH is 1. The van der Waals surface area contributed by atoms with Gasteiger partial charge in [-0.15, -0.1) is 0 Å². The highest BCUT2D eigenvalue weighted by Crippen LogP contribution is 2.09. The van der Waals surface area contributed by atoms with Crippen molar-refractivity contribution in [1.29, 1.82) is 0 Å². The molecule has 0 radical (unpaired) electrons. The molecule has 0 atom stereocenters. The third-order valence-corrected chi connectivity index (χ3v) is 1.41. The highest BCUT2D eigenvalue weighted by atomic mass is 79.9. The number of hydrogen-bond donors (Lipinski definition) is 2. The van der Waals surface area contributed by atoms with Gasteiger partial charge in [-0.2, -0.15) is 0 Å². The minimum atomic E-state index is -3.22. The summed E-state index contributed by atoms with van der Waals surface area (Å²) in [5, 5.41) is 9.97. The Morgan fingerprint density at radius 1 is 1.64 bits per heavy atom. The Hall–Kier alpha value is -0.230. The van der Waals surface area contributed by atoms with Gasteiger partial charge in [-0.3, -0.25) is 4.79 Å². The number of aliphatic hydroxyl groups is 1. The van der Waals surface area contributed by atoms with E-state index in [1.807, 2.05) is 5.32 Å². The van der Waals surface area contributed by atoms with Gasteiger partial charge in [-0.1, -0.05) is 15.9 Å². The molecule has 0 aromatic carbocycles. The van der Waals surface area contributed by atoms with Gasteiger partial charge in [0, 0.05) is 0 Å². The van der Waals surface area contributed by atoms with Gasteiger partial charge in [0.05, 0.1) is 11.9 Å². The first-order valence-electron chi connectivity index (χ1n) is 2.83. The normalized spacial score (nSPS) is 11.3. The van der Waals surface area contributed by atoms with Crippen molar-refractivity contribution in [2.45, 2.75) is 5.92 Å². The lowest BCUT2D eigenvalue weighted by molar-refractivity contribution is -0.121. The topological polar surface area (TPSA) is 49.3 Å². The van der Waals surface area contributed by atoms with Gasteiger partial charge in [-0.05, 0) is 0 Å². The number of nitrogens with one attached hydrogen (secondary N) is 1. The van der Waals surface area contributed by atoms with Crippen molar-refractivity contribution >= 4 is 21.8 Å². The molecular formula is C5H8BrF2NO2. The first-order valence-corrected chi connectivity index (χ1v) is 3.95. The van der Waals surface area contributed by atoms with Gasteiger partial charge in [-0.25, -0.2) is 8.78 Å². The van der Waals surface area contributed by atoms with E-state index in [4.69, 9.17) is 5.11 Å². The quantitative estimate of drug-likeness (QED) is 0.676.